The van der Waals surface area contributed by atoms with E-state index < -0.39 is 0 Å². The number of carbonyl (C=O) groups is 1. The predicted octanol–water partition coefficient (Wildman–Crippen LogP) is 5.35. The molecule has 0 bridgehead atoms. The summed E-state index contributed by atoms with van der Waals surface area (Å²) in [5.74, 6) is 1.76. The molecule has 1 fully saturated rings. The number of likely N-dealkylation sites (tertiary alicyclic amines) is 1. The van der Waals surface area contributed by atoms with Gasteiger partial charge in [-0.15, -0.1) is 10.2 Å². The van der Waals surface area contributed by atoms with Crippen LogP contribution in [0.3, 0.4) is 0 Å². The Labute approximate surface area is 200 Å². The van der Waals surface area contributed by atoms with Gasteiger partial charge in [-0.1, -0.05) is 61.0 Å². The van der Waals surface area contributed by atoms with Gasteiger partial charge >= 0.3 is 0 Å². The summed E-state index contributed by atoms with van der Waals surface area (Å²) in [5, 5.41) is 9.38. The zero-order chi connectivity index (χ0) is 23.2. The Morgan fingerprint density at radius 3 is 2.30 bits per heavy atom. The first-order chi connectivity index (χ1) is 16.0. The van der Waals surface area contributed by atoms with Crippen LogP contribution in [-0.4, -0.2) is 43.9 Å². The van der Waals surface area contributed by atoms with E-state index in [1.54, 1.807) is 0 Å². The number of thioether (sulfide) groups is 1. The number of rotatable bonds is 7. The molecule has 2 heterocycles. The Bertz CT molecular complexity index is 1050. The minimum atomic E-state index is -0.234. The highest BCUT2D eigenvalue weighted by atomic mass is 32.2. The van der Waals surface area contributed by atoms with Crippen molar-refractivity contribution in [3.05, 3.63) is 65.5 Å². The number of amides is 1. The number of aromatic nitrogens is 3. The minimum Gasteiger partial charge on any atom is -0.485 e. The van der Waals surface area contributed by atoms with E-state index in [1.807, 2.05) is 78.8 Å². The van der Waals surface area contributed by atoms with Crippen LogP contribution in [0.25, 0.3) is 5.69 Å². The molecule has 174 valence electrons. The SMILES string of the molecule is Cc1cccc(C)c1OCc1nnc(SC(C)C(=O)N2CCCCCC2)n1-c1ccccc1. The molecule has 3 aromatic rings. The topological polar surface area (TPSA) is 60.3 Å². The van der Waals surface area contributed by atoms with Crippen molar-refractivity contribution in [3.63, 3.8) is 0 Å². The van der Waals surface area contributed by atoms with Gasteiger partial charge in [-0.2, -0.15) is 0 Å². The van der Waals surface area contributed by atoms with Gasteiger partial charge in [-0.3, -0.25) is 9.36 Å². The highest BCUT2D eigenvalue weighted by molar-refractivity contribution is 8.00. The molecule has 1 aliphatic rings. The van der Waals surface area contributed by atoms with Crippen LogP contribution in [0, 0.1) is 13.8 Å². The van der Waals surface area contributed by atoms with E-state index in [1.165, 1.54) is 24.6 Å². The lowest BCUT2D eigenvalue weighted by atomic mass is 10.1. The molecule has 7 heteroatoms. The first kappa shape index (κ1) is 23.4. The number of nitrogens with zero attached hydrogens (tertiary/aromatic N) is 4. The summed E-state index contributed by atoms with van der Waals surface area (Å²) in [5.41, 5.74) is 3.14. The Hall–Kier alpha value is -2.80. The van der Waals surface area contributed by atoms with Crippen molar-refractivity contribution < 1.29 is 9.53 Å². The number of aryl methyl sites for hydroxylation is 2. The fourth-order valence-electron chi connectivity index (χ4n) is 4.23. The molecular weight excluding hydrogens is 432 g/mol. The fourth-order valence-corrected chi connectivity index (χ4v) is 5.20. The third kappa shape index (κ3) is 5.58. The van der Waals surface area contributed by atoms with Crippen molar-refractivity contribution in [2.75, 3.05) is 13.1 Å². The lowest BCUT2D eigenvalue weighted by molar-refractivity contribution is -0.130. The van der Waals surface area contributed by atoms with Gasteiger partial charge in [0.05, 0.1) is 5.25 Å². The minimum absolute atomic E-state index is 0.179. The molecule has 1 aliphatic heterocycles. The molecule has 4 rings (SSSR count). The first-order valence-corrected chi connectivity index (χ1v) is 12.6. The third-order valence-corrected chi connectivity index (χ3v) is 7.05. The summed E-state index contributed by atoms with van der Waals surface area (Å²) < 4.78 is 8.19. The van der Waals surface area contributed by atoms with Crippen LogP contribution in [0.1, 0.15) is 49.6 Å². The second kappa shape index (κ2) is 10.9. The molecule has 0 aliphatic carbocycles. The zero-order valence-electron chi connectivity index (χ0n) is 19.7. The van der Waals surface area contributed by atoms with Crippen LogP contribution >= 0.6 is 11.8 Å². The summed E-state index contributed by atoms with van der Waals surface area (Å²) in [6, 6.07) is 16.1. The lowest BCUT2D eigenvalue weighted by Crippen LogP contribution is -2.37. The van der Waals surface area contributed by atoms with Crippen molar-refractivity contribution >= 4 is 17.7 Å². The van der Waals surface area contributed by atoms with Crippen LogP contribution in [0.2, 0.25) is 0 Å². The van der Waals surface area contributed by atoms with Crippen molar-refractivity contribution in [2.24, 2.45) is 0 Å². The van der Waals surface area contributed by atoms with Gasteiger partial charge in [0.1, 0.15) is 12.4 Å². The van der Waals surface area contributed by atoms with Crippen LogP contribution in [0.5, 0.6) is 5.75 Å². The summed E-state index contributed by atoms with van der Waals surface area (Å²) >= 11 is 1.46. The van der Waals surface area contributed by atoms with Crippen LogP contribution in [0.4, 0.5) is 0 Å². The molecule has 6 nitrogen and oxygen atoms in total. The van der Waals surface area contributed by atoms with Gasteiger partial charge in [0.15, 0.2) is 11.0 Å². The highest BCUT2D eigenvalue weighted by Gasteiger charge is 2.25. The summed E-state index contributed by atoms with van der Waals surface area (Å²) in [6.07, 6.45) is 4.58. The van der Waals surface area contributed by atoms with Gasteiger partial charge in [0.25, 0.3) is 0 Å². The largest absolute Gasteiger partial charge is 0.485 e. The summed E-state index contributed by atoms with van der Waals surface area (Å²) in [7, 11) is 0. The maximum Gasteiger partial charge on any atom is 0.235 e. The Morgan fingerprint density at radius 1 is 0.970 bits per heavy atom. The van der Waals surface area contributed by atoms with E-state index >= 15 is 0 Å². The van der Waals surface area contributed by atoms with E-state index in [4.69, 9.17) is 4.74 Å². The maximum atomic E-state index is 13.1. The molecule has 0 radical (unpaired) electrons. The molecule has 1 amide bonds. The quantitative estimate of drug-likeness (QED) is 0.441. The first-order valence-electron chi connectivity index (χ1n) is 11.7. The van der Waals surface area contributed by atoms with Crippen LogP contribution in [0.15, 0.2) is 53.7 Å². The molecule has 0 spiro atoms. The number of hydrogen-bond donors (Lipinski definition) is 0. The molecule has 1 unspecified atom stereocenters. The monoisotopic (exact) mass is 464 g/mol. The number of benzene rings is 2. The average molecular weight is 465 g/mol. The van der Waals surface area contributed by atoms with E-state index in [2.05, 4.69) is 10.2 Å². The van der Waals surface area contributed by atoms with E-state index in [-0.39, 0.29) is 11.2 Å². The average Bonchev–Trinajstić information content (AvgIpc) is 3.02. The number of para-hydroxylation sites is 2. The normalized spacial score (nSPS) is 15.2. The second-order valence-electron chi connectivity index (χ2n) is 8.58. The van der Waals surface area contributed by atoms with Crippen LogP contribution in [-0.2, 0) is 11.4 Å². The third-order valence-electron chi connectivity index (χ3n) is 6.02. The predicted molar refractivity (Wildman–Crippen MR) is 132 cm³/mol. The number of hydrogen-bond acceptors (Lipinski definition) is 5. The lowest BCUT2D eigenvalue weighted by Gasteiger charge is -2.23. The molecule has 1 aromatic heterocycles. The molecule has 2 aromatic carbocycles. The Kier molecular flexibility index (Phi) is 7.70. The Morgan fingerprint density at radius 2 is 1.64 bits per heavy atom. The summed E-state index contributed by atoms with van der Waals surface area (Å²) in [6.45, 7) is 8.05. The van der Waals surface area contributed by atoms with Crippen LogP contribution < -0.4 is 4.74 Å². The molecular formula is C26H32N4O2S. The highest BCUT2D eigenvalue weighted by Crippen LogP contribution is 2.29. The van der Waals surface area contributed by atoms with Gasteiger partial charge in [0, 0.05) is 18.8 Å². The van der Waals surface area contributed by atoms with Crippen molar-refractivity contribution in [1.82, 2.24) is 19.7 Å². The second-order valence-corrected chi connectivity index (χ2v) is 9.89. The van der Waals surface area contributed by atoms with E-state index in [0.29, 0.717) is 17.6 Å². The molecule has 0 saturated carbocycles. The smallest absolute Gasteiger partial charge is 0.235 e. The van der Waals surface area contributed by atoms with Crippen molar-refractivity contribution in [2.45, 2.75) is 63.5 Å². The standard InChI is InChI=1S/C26H32N4O2S/c1-19-12-11-13-20(2)24(19)32-18-23-27-28-26(30(23)22-14-7-6-8-15-22)33-21(3)25(31)29-16-9-4-5-10-17-29/h6-8,11-15,21H,4-5,9-10,16-18H2,1-3H3. The zero-order valence-corrected chi connectivity index (χ0v) is 20.5. The maximum absolute atomic E-state index is 13.1. The van der Waals surface area contributed by atoms with Gasteiger partial charge in [-0.25, -0.2) is 0 Å². The Balaban J connectivity index is 1.56. The van der Waals surface area contributed by atoms with E-state index in [0.717, 1.165) is 48.5 Å². The van der Waals surface area contributed by atoms with Crippen molar-refractivity contribution in [3.8, 4) is 11.4 Å². The molecule has 1 saturated heterocycles. The van der Waals surface area contributed by atoms with E-state index in [9.17, 15) is 4.79 Å². The summed E-state index contributed by atoms with van der Waals surface area (Å²) in [4.78, 5) is 15.1. The van der Waals surface area contributed by atoms with Gasteiger partial charge in [0.2, 0.25) is 5.91 Å². The van der Waals surface area contributed by atoms with Gasteiger partial charge < -0.3 is 9.64 Å². The fraction of sp³-hybridized carbons (Fsp3) is 0.423. The molecule has 0 N–H and O–H groups in total. The molecule has 1 atom stereocenters. The van der Waals surface area contributed by atoms with Crippen molar-refractivity contribution in [1.29, 1.82) is 0 Å². The number of carbonyl (C=O) groups excluding carboxylic acids is 1. The van der Waals surface area contributed by atoms with Gasteiger partial charge in [-0.05, 0) is 56.9 Å². The number of ether oxygens (including phenoxy) is 1. The molecule has 33 heavy (non-hydrogen) atoms.